The van der Waals surface area contributed by atoms with Gasteiger partial charge in [-0.05, 0) is 12.1 Å². The van der Waals surface area contributed by atoms with E-state index in [1.165, 1.54) is 18.3 Å². The van der Waals surface area contributed by atoms with Crippen LogP contribution in [0.3, 0.4) is 0 Å². The quantitative estimate of drug-likeness (QED) is 0.782. The zero-order valence-corrected chi connectivity index (χ0v) is 8.76. The Hall–Kier alpha value is -1.98. The summed E-state index contributed by atoms with van der Waals surface area (Å²) in [5, 5.41) is -0.129. The molecular weight excluding hydrogens is 235 g/mol. The molecule has 0 bridgehead atoms. The number of ether oxygens (including phenoxy) is 1. The predicted molar refractivity (Wildman–Crippen MR) is 54.6 cm³/mol. The number of fused-ring (bicyclic) bond motifs is 1. The van der Waals surface area contributed by atoms with Gasteiger partial charge >= 0.3 is 12.1 Å². The third kappa shape index (κ3) is 2.11. The van der Waals surface area contributed by atoms with Crippen LogP contribution in [0.2, 0.25) is 0 Å². The second kappa shape index (κ2) is 3.80. The smallest absolute Gasteiger partial charge is 0.417 e. The average Bonchev–Trinajstić information content (AvgIpc) is 2.59. The van der Waals surface area contributed by atoms with Crippen LogP contribution in [0.15, 0.2) is 24.4 Å². The van der Waals surface area contributed by atoms with Crippen molar-refractivity contribution in [1.82, 2.24) is 4.98 Å². The zero-order chi connectivity index (χ0) is 12.6. The summed E-state index contributed by atoms with van der Waals surface area (Å²) in [6, 6.07) is 3.72. The van der Waals surface area contributed by atoms with E-state index < -0.39 is 17.7 Å². The van der Waals surface area contributed by atoms with Gasteiger partial charge in [0.2, 0.25) is 0 Å². The number of alkyl halides is 3. The molecule has 90 valence electrons. The normalized spacial score (nSPS) is 11.8. The SMILES string of the molecule is CC(=O)Oc1c[nH]c2cccc(C(F)(F)F)c12. The monoisotopic (exact) mass is 243 g/mol. The molecule has 0 amide bonds. The summed E-state index contributed by atoms with van der Waals surface area (Å²) < 4.78 is 43.0. The molecule has 0 fully saturated rings. The Morgan fingerprint density at radius 3 is 2.65 bits per heavy atom. The molecule has 3 nitrogen and oxygen atoms in total. The van der Waals surface area contributed by atoms with Gasteiger partial charge in [-0.3, -0.25) is 4.79 Å². The summed E-state index contributed by atoms with van der Waals surface area (Å²) in [6.07, 6.45) is -3.25. The minimum Gasteiger partial charge on any atom is -0.424 e. The molecule has 0 spiro atoms. The first kappa shape index (κ1) is 11.5. The maximum atomic E-state index is 12.8. The highest BCUT2D eigenvalue weighted by Gasteiger charge is 2.34. The molecule has 0 radical (unpaired) electrons. The van der Waals surface area contributed by atoms with E-state index in [-0.39, 0.29) is 16.7 Å². The second-order valence-electron chi connectivity index (χ2n) is 3.47. The van der Waals surface area contributed by atoms with Gasteiger partial charge in [0, 0.05) is 18.6 Å². The van der Waals surface area contributed by atoms with Crippen LogP contribution in [0.25, 0.3) is 10.9 Å². The van der Waals surface area contributed by atoms with Gasteiger partial charge in [-0.2, -0.15) is 13.2 Å². The van der Waals surface area contributed by atoms with Gasteiger partial charge in [-0.25, -0.2) is 0 Å². The lowest BCUT2D eigenvalue weighted by Gasteiger charge is -2.09. The highest BCUT2D eigenvalue weighted by molar-refractivity contribution is 5.91. The number of aromatic amines is 1. The number of carbonyl (C=O) groups excluding carboxylic acids is 1. The molecule has 0 unspecified atom stereocenters. The standard InChI is InChI=1S/C11H8F3NO2/c1-6(16)17-9-5-15-8-4-2-3-7(10(8)9)11(12,13)14/h2-5,15H,1H3. The van der Waals surface area contributed by atoms with E-state index in [0.717, 1.165) is 13.0 Å². The lowest BCUT2D eigenvalue weighted by atomic mass is 10.1. The summed E-state index contributed by atoms with van der Waals surface area (Å²) in [6.45, 7) is 1.13. The molecule has 17 heavy (non-hydrogen) atoms. The fourth-order valence-electron chi connectivity index (χ4n) is 1.63. The number of hydrogen-bond acceptors (Lipinski definition) is 2. The van der Waals surface area contributed by atoms with Crippen LogP contribution in [0, 0.1) is 0 Å². The number of aromatic nitrogens is 1. The summed E-state index contributed by atoms with van der Waals surface area (Å²) in [7, 11) is 0. The van der Waals surface area contributed by atoms with Gasteiger partial charge in [0.05, 0.1) is 10.9 Å². The molecule has 0 aliphatic heterocycles. The van der Waals surface area contributed by atoms with Crippen LogP contribution in [0.1, 0.15) is 12.5 Å². The van der Waals surface area contributed by atoms with Gasteiger partial charge in [-0.1, -0.05) is 6.07 Å². The molecule has 1 aromatic carbocycles. The van der Waals surface area contributed by atoms with E-state index >= 15 is 0 Å². The van der Waals surface area contributed by atoms with Gasteiger partial charge in [-0.15, -0.1) is 0 Å². The first-order valence-corrected chi connectivity index (χ1v) is 4.75. The Labute approximate surface area is 94.2 Å². The average molecular weight is 243 g/mol. The second-order valence-corrected chi connectivity index (χ2v) is 3.47. The fraction of sp³-hybridized carbons (Fsp3) is 0.182. The van der Waals surface area contributed by atoms with Crippen LogP contribution in [0.4, 0.5) is 13.2 Å². The van der Waals surface area contributed by atoms with Crippen molar-refractivity contribution >= 4 is 16.9 Å². The summed E-state index contributed by atoms with van der Waals surface area (Å²) in [5.74, 6) is -0.775. The third-order valence-electron chi connectivity index (χ3n) is 2.23. The number of esters is 1. The molecule has 1 aromatic heterocycles. The predicted octanol–water partition coefficient (Wildman–Crippen LogP) is 3.11. The highest BCUT2D eigenvalue weighted by atomic mass is 19.4. The van der Waals surface area contributed by atoms with Crippen LogP contribution < -0.4 is 4.74 Å². The van der Waals surface area contributed by atoms with E-state index in [1.54, 1.807) is 0 Å². The lowest BCUT2D eigenvalue weighted by Crippen LogP contribution is -2.07. The Bertz CT molecular complexity index is 572. The summed E-state index contributed by atoms with van der Waals surface area (Å²) >= 11 is 0. The molecule has 0 saturated carbocycles. The van der Waals surface area contributed by atoms with Crippen molar-refractivity contribution in [2.24, 2.45) is 0 Å². The minimum atomic E-state index is -4.49. The van der Waals surface area contributed by atoms with Gasteiger partial charge in [0.1, 0.15) is 0 Å². The molecule has 6 heteroatoms. The number of halogens is 3. The van der Waals surface area contributed by atoms with Crippen molar-refractivity contribution in [3.63, 3.8) is 0 Å². The third-order valence-corrected chi connectivity index (χ3v) is 2.23. The summed E-state index contributed by atoms with van der Waals surface area (Å²) in [4.78, 5) is 13.4. The fourth-order valence-corrected chi connectivity index (χ4v) is 1.63. The van der Waals surface area contributed by atoms with Crippen molar-refractivity contribution in [3.05, 3.63) is 30.0 Å². The molecule has 2 rings (SSSR count). The van der Waals surface area contributed by atoms with Gasteiger partial charge in [0.15, 0.2) is 5.75 Å². The Balaban J connectivity index is 2.68. The Morgan fingerprint density at radius 2 is 2.06 bits per heavy atom. The molecular formula is C11H8F3NO2. The molecule has 1 N–H and O–H groups in total. The van der Waals surface area contributed by atoms with Crippen molar-refractivity contribution in [2.75, 3.05) is 0 Å². The Kier molecular flexibility index (Phi) is 2.57. The van der Waals surface area contributed by atoms with Crippen LogP contribution in [0.5, 0.6) is 5.75 Å². The molecule has 2 aromatic rings. The van der Waals surface area contributed by atoms with E-state index in [1.807, 2.05) is 0 Å². The van der Waals surface area contributed by atoms with Crippen LogP contribution in [-0.2, 0) is 11.0 Å². The maximum absolute atomic E-state index is 12.8. The van der Waals surface area contributed by atoms with Crippen LogP contribution >= 0.6 is 0 Å². The molecule has 1 heterocycles. The number of rotatable bonds is 1. The lowest BCUT2D eigenvalue weighted by molar-refractivity contribution is -0.137. The van der Waals surface area contributed by atoms with Crippen molar-refractivity contribution in [2.45, 2.75) is 13.1 Å². The Morgan fingerprint density at radius 1 is 1.35 bits per heavy atom. The topological polar surface area (TPSA) is 42.1 Å². The zero-order valence-electron chi connectivity index (χ0n) is 8.76. The number of H-pyrrole nitrogens is 1. The van der Waals surface area contributed by atoms with Gasteiger partial charge in [0.25, 0.3) is 0 Å². The number of carbonyl (C=O) groups is 1. The van der Waals surface area contributed by atoms with Crippen molar-refractivity contribution < 1.29 is 22.7 Å². The number of benzene rings is 1. The summed E-state index contributed by atoms with van der Waals surface area (Å²) in [5.41, 5.74) is -0.552. The van der Waals surface area contributed by atoms with E-state index in [9.17, 15) is 18.0 Å². The molecule has 0 atom stereocenters. The van der Waals surface area contributed by atoms with E-state index in [2.05, 4.69) is 4.98 Å². The van der Waals surface area contributed by atoms with Crippen molar-refractivity contribution in [1.29, 1.82) is 0 Å². The number of hydrogen-bond donors (Lipinski definition) is 1. The van der Waals surface area contributed by atoms with Crippen molar-refractivity contribution in [3.8, 4) is 5.75 Å². The highest BCUT2D eigenvalue weighted by Crippen LogP contribution is 2.38. The van der Waals surface area contributed by atoms with E-state index in [0.29, 0.717) is 0 Å². The molecule has 0 aliphatic rings. The van der Waals surface area contributed by atoms with Crippen LogP contribution in [-0.4, -0.2) is 11.0 Å². The maximum Gasteiger partial charge on any atom is 0.417 e. The number of nitrogens with one attached hydrogen (secondary N) is 1. The minimum absolute atomic E-state index is 0.111. The largest absolute Gasteiger partial charge is 0.424 e. The molecule has 0 aliphatic carbocycles. The van der Waals surface area contributed by atoms with E-state index in [4.69, 9.17) is 4.74 Å². The molecule has 0 saturated heterocycles. The van der Waals surface area contributed by atoms with Gasteiger partial charge < -0.3 is 9.72 Å². The first-order valence-electron chi connectivity index (χ1n) is 4.75. The first-order chi connectivity index (χ1) is 7.89.